The van der Waals surface area contributed by atoms with Crippen LogP contribution < -0.4 is 14.8 Å². The Morgan fingerprint density at radius 3 is 2.42 bits per heavy atom. The number of nitrogens with one attached hydrogen (secondary N) is 1. The van der Waals surface area contributed by atoms with Crippen molar-refractivity contribution < 1.29 is 19.1 Å². The van der Waals surface area contributed by atoms with Crippen molar-refractivity contribution >= 4 is 17.4 Å². The molecule has 0 aliphatic rings. The number of Topliss-reactive ketones (excluding diaryl/α,β-unsaturated/α-hetero) is 1. The van der Waals surface area contributed by atoms with Crippen LogP contribution in [0.3, 0.4) is 0 Å². The van der Waals surface area contributed by atoms with Gasteiger partial charge in [0.1, 0.15) is 17.3 Å². The number of aryl methyl sites for hydroxylation is 1. The molecule has 1 N–H and O–H groups in total. The van der Waals surface area contributed by atoms with E-state index in [-0.39, 0.29) is 18.1 Å². The van der Waals surface area contributed by atoms with Crippen molar-refractivity contribution in [2.24, 2.45) is 0 Å². The zero-order valence-electron chi connectivity index (χ0n) is 13.9. The fourth-order valence-corrected chi connectivity index (χ4v) is 2.30. The maximum atomic E-state index is 12.1. The number of ether oxygens (including phenoxy) is 2. The van der Waals surface area contributed by atoms with E-state index in [4.69, 9.17) is 9.47 Å². The third-order valence-corrected chi connectivity index (χ3v) is 3.57. The minimum Gasteiger partial charge on any atom is -0.497 e. The van der Waals surface area contributed by atoms with Crippen molar-refractivity contribution in [2.45, 2.75) is 19.3 Å². The molecule has 2 rings (SSSR count). The van der Waals surface area contributed by atoms with E-state index in [9.17, 15) is 9.59 Å². The summed E-state index contributed by atoms with van der Waals surface area (Å²) in [6.07, 6.45) is 0.815. The number of rotatable bonds is 8. The normalized spacial score (nSPS) is 10.1. The molecule has 24 heavy (non-hydrogen) atoms. The van der Waals surface area contributed by atoms with Gasteiger partial charge in [0.25, 0.3) is 0 Å². The molecule has 0 spiro atoms. The summed E-state index contributed by atoms with van der Waals surface area (Å²) in [6.45, 7) is 0. The van der Waals surface area contributed by atoms with Gasteiger partial charge >= 0.3 is 0 Å². The van der Waals surface area contributed by atoms with Gasteiger partial charge in [0.05, 0.1) is 26.3 Å². The standard InChI is InChI=1S/C19H21NO4/c1-23-16-10-11-18(24-2)17(13-16)20-19(22)12-15(21)9-8-14-6-4-3-5-7-14/h3-7,10-11,13H,8-9,12H2,1-2H3,(H,20,22). The zero-order valence-corrected chi connectivity index (χ0v) is 13.9. The predicted molar refractivity (Wildman–Crippen MR) is 92.6 cm³/mol. The summed E-state index contributed by atoms with van der Waals surface area (Å²) in [5.41, 5.74) is 1.57. The molecular weight excluding hydrogens is 306 g/mol. The summed E-state index contributed by atoms with van der Waals surface area (Å²) in [5.74, 6) is 0.653. The Morgan fingerprint density at radius 2 is 1.75 bits per heavy atom. The van der Waals surface area contributed by atoms with Gasteiger partial charge < -0.3 is 14.8 Å². The summed E-state index contributed by atoms with van der Waals surface area (Å²) in [4.78, 5) is 24.1. The largest absolute Gasteiger partial charge is 0.497 e. The van der Waals surface area contributed by atoms with Crippen LogP contribution in [0.2, 0.25) is 0 Å². The smallest absolute Gasteiger partial charge is 0.231 e. The van der Waals surface area contributed by atoms with Crippen LogP contribution in [0.15, 0.2) is 48.5 Å². The van der Waals surface area contributed by atoms with E-state index in [2.05, 4.69) is 5.32 Å². The van der Waals surface area contributed by atoms with Gasteiger partial charge in [-0.15, -0.1) is 0 Å². The van der Waals surface area contributed by atoms with Crippen LogP contribution in [0.25, 0.3) is 0 Å². The third-order valence-electron chi connectivity index (χ3n) is 3.57. The van der Waals surface area contributed by atoms with Crippen LogP contribution in [0.4, 0.5) is 5.69 Å². The average Bonchev–Trinajstić information content (AvgIpc) is 2.60. The molecule has 0 unspecified atom stereocenters. The maximum Gasteiger partial charge on any atom is 0.231 e. The van der Waals surface area contributed by atoms with Crippen LogP contribution in [0, 0.1) is 0 Å². The summed E-state index contributed by atoms with van der Waals surface area (Å²) < 4.78 is 10.3. The first kappa shape index (κ1) is 17.5. The van der Waals surface area contributed by atoms with E-state index in [0.717, 1.165) is 5.56 Å². The Labute approximate surface area is 141 Å². The Hall–Kier alpha value is -2.82. The molecule has 126 valence electrons. The highest BCUT2D eigenvalue weighted by atomic mass is 16.5. The van der Waals surface area contributed by atoms with E-state index >= 15 is 0 Å². The van der Waals surface area contributed by atoms with Crippen LogP contribution in [-0.4, -0.2) is 25.9 Å². The lowest BCUT2D eigenvalue weighted by molar-refractivity contribution is -0.125. The predicted octanol–water partition coefficient (Wildman–Crippen LogP) is 3.23. The fourth-order valence-electron chi connectivity index (χ4n) is 2.30. The summed E-state index contributed by atoms with van der Waals surface area (Å²) in [5, 5.41) is 2.70. The van der Waals surface area contributed by atoms with E-state index < -0.39 is 0 Å². The van der Waals surface area contributed by atoms with Crippen LogP contribution in [-0.2, 0) is 16.0 Å². The van der Waals surface area contributed by atoms with E-state index in [0.29, 0.717) is 30.0 Å². The molecule has 2 aromatic rings. The second-order valence-electron chi connectivity index (χ2n) is 5.32. The van der Waals surface area contributed by atoms with Crippen LogP contribution in [0.1, 0.15) is 18.4 Å². The Balaban J connectivity index is 1.89. The van der Waals surface area contributed by atoms with Gasteiger partial charge in [-0.2, -0.15) is 0 Å². The summed E-state index contributed by atoms with van der Waals surface area (Å²) in [7, 11) is 3.06. The Morgan fingerprint density at radius 1 is 1.00 bits per heavy atom. The highest BCUT2D eigenvalue weighted by Crippen LogP contribution is 2.28. The van der Waals surface area contributed by atoms with E-state index in [1.54, 1.807) is 25.3 Å². The molecule has 0 aliphatic heterocycles. The average molecular weight is 327 g/mol. The number of carbonyl (C=O) groups excluding carboxylic acids is 2. The van der Waals surface area contributed by atoms with E-state index in [1.807, 2.05) is 30.3 Å². The summed E-state index contributed by atoms with van der Waals surface area (Å²) >= 11 is 0. The van der Waals surface area contributed by atoms with Crippen LogP contribution in [0.5, 0.6) is 11.5 Å². The Bertz CT molecular complexity index is 698. The molecule has 0 heterocycles. The number of anilines is 1. The molecule has 5 heteroatoms. The van der Waals surface area contributed by atoms with Crippen molar-refractivity contribution in [3.05, 3.63) is 54.1 Å². The maximum absolute atomic E-state index is 12.1. The molecule has 2 aromatic carbocycles. The number of ketones is 1. The molecule has 0 radical (unpaired) electrons. The first-order valence-corrected chi connectivity index (χ1v) is 7.70. The number of methoxy groups -OCH3 is 2. The van der Waals surface area contributed by atoms with Gasteiger partial charge in [0.2, 0.25) is 5.91 Å². The molecule has 0 aromatic heterocycles. The van der Waals surface area contributed by atoms with Crippen molar-refractivity contribution in [3.8, 4) is 11.5 Å². The third kappa shape index (κ3) is 5.12. The number of carbonyl (C=O) groups is 2. The molecular formula is C19H21NO4. The zero-order chi connectivity index (χ0) is 17.4. The topological polar surface area (TPSA) is 64.6 Å². The SMILES string of the molecule is COc1ccc(OC)c(NC(=O)CC(=O)CCc2ccccc2)c1. The second-order valence-corrected chi connectivity index (χ2v) is 5.32. The molecule has 0 fully saturated rings. The molecule has 0 aliphatic carbocycles. The monoisotopic (exact) mass is 327 g/mol. The minimum absolute atomic E-state index is 0.0989. The molecule has 0 bridgehead atoms. The van der Waals surface area contributed by atoms with Gasteiger partial charge in [0.15, 0.2) is 0 Å². The van der Waals surface area contributed by atoms with Gasteiger partial charge in [-0.1, -0.05) is 30.3 Å². The van der Waals surface area contributed by atoms with E-state index in [1.165, 1.54) is 7.11 Å². The molecule has 0 atom stereocenters. The van der Waals surface area contributed by atoms with Gasteiger partial charge in [-0.25, -0.2) is 0 Å². The molecule has 5 nitrogen and oxygen atoms in total. The van der Waals surface area contributed by atoms with Crippen molar-refractivity contribution in [1.82, 2.24) is 0 Å². The van der Waals surface area contributed by atoms with Gasteiger partial charge in [-0.3, -0.25) is 9.59 Å². The van der Waals surface area contributed by atoms with Gasteiger partial charge in [0, 0.05) is 12.5 Å². The molecule has 1 amide bonds. The second kappa shape index (κ2) is 8.72. The first-order valence-electron chi connectivity index (χ1n) is 7.70. The molecule has 0 saturated carbocycles. The van der Waals surface area contributed by atoms with Gasteiger partial charge in [-0.05, 0) is 24.1 Å². The lowest BCUT2D eigenvalue weighted by Gasteiger charge is -2.11. The Kier molecular flexibility index (Phi) is 6.37. The number of hydrogen-bond acceptors (Lipinski definition) is 4. The lowest BCUT2D eigenvalue weighted by Crippen LogP contribution is -2.17. The van der Waals surface area contributed by atoms with Crippen molar-refractivity contribution in [2.75, 3.05) is 19.5 Å². The van der Waals surface area contributed by atoms with Crippen molar-refractivity contribution in [1.29, 1.82) is 0 Å². The highest BCUT2D eigenvalue weighted by Gasteiger charge is 2.13. The first-order chi connectivity index (χ1) is 11.6. The summed E-state index contributed by atoms with van der Waals surface area (Å²) in [6, 6.07) is 14.8. The number of benzene rings is 2. The highest BCUT2D eigenvalue weighted by molar-refractivity contribution is 6.05. The fraction of sp³-hybridized carbons (Fsp3) is 0.263. The van der Waals surface area contributed by atoms with Crippen LogP contribution >= 0.6 is 0 Å². The van der Waals surface area contributed by atoms with Crippen molar-refractivity contribution in [3.63, 3.8) is 0 Å². The number of amides is 1. The lowest BCUT2D eigenvalue weighted by atomic mass is 10.1. The minimum atomic E-state index is -0.361. The quantitative estimate of drug-likeness (QED) is 0.756. The number of hydrogen-bond donors (Lipinski definition) is 1. The molecule has 0 saturated heterocycles.